The lowest BCUT2D eigenvalue weighted by atomic mass is 10.2. The number of nitrogens with zero attached hydrogens (tertiary/aromatic N) is 1. The molecule has 1 amide bonds. The van der Waals surface area contributed by atoms with Crippen LogP contribution in [0.5, 0.6) is 0 Å². The maximum atomic E-state index is 11.9. The number of ether oxygens (including phenoxy) is 1. The number of amides is 1. The second-order valence-electron chi connectivity index (χ2n) is 4.01. The van der Waals surface area contributed by atoms with Crippen molar-refractivity contribution in [3.8, 4) is 0 Å². The number of hydrogen-bond donors (Lipinski definition) is 1. The van der Waals surface area contributed by atoms with Crippen molar-refractivity contribution in [3.05, 3.63) is 34.9 Å². The van der Waals surface area contributed by atoms with Gasteiger partial charge in [0.15, 0.2) is 0 Å². The van der Waals surface area contributed by atoms with E-state index in [2.05, 4.69) is 0 Å². The Balaban J connectivity index is 2.70. The van der Waals surface area contributed by atoms with Crippen LogP contribution in [-0.2, 0) is 20.9 Å². The molecule has 0 aliphatic rings. The molecule has 0 saturated heterocycles. The van der Waals surface area contributed by atoms with Crippen molar-refractivity contribution < 1.29 is 19.4 Å². The van der Waals surface area contributed by atoms with Crippen molar-refractivity contribution in [3.63, 3.8) is 0 Å². The van der Waals surface area contributed by atoms with E-state index in [0.29, 0.717) is 5.02 Å². The number of benzene rings is 1. The summed E-state index contributed by atoms with van der Waals surface area (Å²) in [6.07, 6.45) is 0.164. The minimum Gasteiger partial charge on any atom is -0.480 e. The molecule has 0 aliphatic heterocycles. The van der Waals surface area contributed by atoms with Gasteiger partial charge < -0.3 is 14.7 Å². The van der Waals surface area contributed by atoms with E-state index < -0.39 is 5.97 Å². The van der Waals surface area contributed by atoms with Gasteiger partial charge in [0, 0.05) is 18.7 Å². The van der Waals surface area contributed by atoms with Crippen LogP contribution in [-0.4, -0.2) is 42.1 Å². The number of carboxylic acid groups (broad SMARTS) is 1. The number of rotatable bonds is 7. The van der Waals surface area contributed by atoms with Gasteiger partial charge in [-0.2, -0.15) is 0 Å². The first-order chi connectivity index (χ1) is 9.02. The number of carbonyl (C=O) groups is 2. The highest BCUT2D eigenvalue weighted by atomic mass is 35.5. The van der Waals surface area contributed by atoms with Crippen molar-refractivity contribution in [2.75, 3.05) is 20.3 Å². The number of methoxy groups -OCH3 is 1. The van der Waals surface area contributed by atoms with Crippen LogP contribution in [0.3, 0.4) is 0 Å². The lowest BCUT2D eigenvalue weighted by Gasteiger charge is -2.20. The molecule has 6 heteroatoms. The molecule has 1 aromatic carbocycles. The summed E-state index contributed by atoms with van der Waals surface area (Å²) in [5.74, 6) is -1.29. The Bertz CT molecular complexity index is 433. The van der Waals surface area contributed by atoms with Gasteiger partial charge in [-0.15, -0.1) is 0 Å². The van der Waals surface area contributed by atoms with E-state index in [0.717, 1.165) is 5.56 Å². The predicted octanol–water partition coefficient (Wildman–Crippen LogP) is 1.79. The largest absolute Gasteiger partial charge is 0.480 e. The predicted molar refractivity (Wildman–Crippen MR) is 71.0 cm³/mol. The van der Waals surface area contributed by atoms with E-state index in [1.54, 1.807) is 24.3 Å². The molecule has 0 bridgehead atoms. The zero-order valence-corrected chi connectivity index (χ0v) is 11.4. The molecule has 1 aromatic rings. The Morgan fingerprint density at radius 1 is 1.32 bits per heavy atom. The molecule has 104 valence electrons. The van der Waals surface area contributed by atoms with Crippen LogP contribution in [0.4, 0.5) is 0 Å². The van der Waals surface area contributed by atoms with Gasteiger partial charge in [0.1, 0.15) is 6.54 Å². The van der Waals surface area contributed by atoms with Crippen LogP contribution >= 0.6 is 11.6 Å². The topological polar surface area (TPSA) is 66.8 Å². The normalized spacial score (nSPS) is 10.2. The van der Waals surface area contributed by atoms with Gasteiger partial charge in [0.2, 0.25) is 5.91 Å². The molecule has 5 nitrogen and oxygen atoms in total. The molecule has 0 spiro atoms. The fourth-order valence-electron chi connectivity index (χ4n) is 1.55. The van der Waals surface area contributed by atoms with Crippen LogP contribution in [0.25, 0.3) is 0 Å². The summed E-state index contributed by atoms with van der Waals surface area (Å²) in [6, 6.07) is 6.94. The number of halogens is 1. The highest BCUT2D eigenvalue weighted by molar-refractivity contribution is 6.30. The Kier molecular flexibility index (Phi) is 6.32. The highest BCUT2D eigenvalue weighted by Gasteiger charge is 2.16. The Morgan fingerprint density at radius 2 is 1.95 bits per heavy atom. The van der Waals surface area contributed by atoms with E-state index >= 15 is 0 Å². The summed E-state index contributed by atoms with van der Waals surface area (Å²) in [6.45, 7) is 0.187. The average molecular weight is 286 g/mol. The maximum Gasteiger partial charge on any atom is 0.323 e. The molecule has 0 aliphatic carbocycles. The van der Waals surface area contributed by atoms with Crippen molar-refractivity contribution in [1.82, 2.24) is 4.90 Å². The van der Waals surface area contributed by atoms with Gasteiger partial charge in [0.25, 0.3) is 0 Å². The van der Waals surface area contributed by atoms with Crippen LogP contribution in [0, 0.1) is 0 Å². The second kappa shape index (κ2) is 7.76. The first-order valence-electron chi connectivity index (χ1n) is 5.76. The fraction of sp³-hybridized carbons (Fsp3) is 0.385. The summed E-state index contributed by atoms with van der Waals surface area (Å²) in [5.41, 5.74) is 0.830. The molecule has 0 atom stereocenters. The quantitative estimate of drug-likeness (QED) is 0.829. The van der Waals surface area contributed by atoms with E-state index in [1.807, 2.05) is 0 Å². The zero-order valence-electron chi connectivity index (χ0n) is 10.6. The molecule has 1 N–H and O–H groups in total. The molecular weight excluding hydrogens is 270 g/mol. The van der Waals surface area contributed by atoms with Crippen molar-refractivity contribution in [1.29, 1.82) is 0 Å². The number of carbonyl (C=O) groups excluding carboxylic acids is 1. The second-order valence-corrected chi connectivity index (χ2v) is 4.45. The minimum atomic E-state index is -1.04. The number of hydrogen-bond acceptors (Lipinski definition) is 3. The fourth-order valence-corrected chi connectivity index (χ4v) is 1.68. The summed E-state index contributed by atoms with van der Waals surface area (Å²) >= 11 is 5.77. The van der Waals surface area contributed by atoms with Crippen LogP contribution in [0.15, 0.2) is 24.3 Å². The third kappa shape index (κ3) is 5.72. The first kappa shape index (κ1) is 15.5. The van der Waals surface area contributed by atoms with Crippen molar-refractivity contribution >= 4 is 23.5 Å². The van der Waals surface area contributed by atoms with Gasteiger partial charge in [-0.3, -0.25) is 9.59 Å². The van der Waals surface area contributed by atoms with Gasteiger partial charge in [-0.25, -0.2) is 0 Å². The molecule has 0 radical (unpaired) electrons. The smallest absolute Gasteiger partial charge is 0.323 e. The van der Waals surface area contributed by atoms with Gasteiger partial charge >= 0.3 is 5.97 Å². The van der Waals surface area contributed by atoms with E-state index in [1.165, 1.54) is 12.0 Å². The minimum absolute atomic E-state index is 0.164. The average Bonchev–Trinajstić information content (AvgIpc) is 2.37. The van der Waals surface area contributed by atoms with Gasteiger partial charge in [-0.05, 0) is 17.7 Å². The molecule has 19 heavy (non-hydrogen) atoms. The molecule has 0 heterocycles. The standard InChI is InChI=1S/C13H16ClNO4/c1-19-7-6-12(16)15(9-13(17)18)8-10-2-4-11(14)5-3-10/h2-5H,6-9H2,1H3,(H,17,18). The van der Waals surface area contributed by atoms with E-state index in [-0.39, 0.29) is 32.0 Å². The first-order valence-corrected chi connectivity index (χ1v) is 6.13. The van der Waals surface area contributed by atoms with Crippen LogP contribution in [0.1, 0.15) is 12.0 Å². The molecule has 0 aromatic heterocycles. The van der Waals surface area contributed by atoms with E-state index in [9.17, 15) is 9.59 Å². The molecule has 0 saturated carbocycles. The molecule has 1 rings (SSSR count). The van der Waals surface area contributed by atoms with E-state index in [4.69, 9.17) is 21.4 Å². The lowest BCUT2D eigenvalue weighted by molar-refractivity contribution is -0.145. The third-order valence-corrected chi connectivity index (χ3v) is 2.74. The lowest BCUT2D eigenvalue weighted by Crippen LogP contribution is -2.35. The summed E-state index contributed by atoms with van der Waals surface area (Å²) in [7, 11) is 1.49. The van der Waals surface area contributed by atoms with Crippen molar-refractivity contribution in [2.24, 2.45) is 0 Å². The summed E-state index contributed by atoms with van der Waals surface area (Å²) in [4.78, 5) is 23.9. The Labute approximate surface area is 116 Å². The summed E-state index contributed by atoms with van der Waals surface area (Å²) < 4.78 is 4.82. The van der Waals surface area contributed by atoms with Gasteiger partial charge in [-0.1, -0.05) is 23.7 Å². The molecular formula is C13H16ClNO4. The monoisotopic (exact) mass is 285 g/mol. The maximum absolute atomic E-state index is 11.9. The summed E-state index contributed by atoms with van der Waals surface area (Å²) in [5, 5.41) is 9.43. The van der Waals surface area contributed by atoms with Gasteiger partial charge in [0.05, 0.1) is 13.0 Å². The van der Waals surface area contributed by atoms with Crippen molar-refractivity contribution in [2.45, 2.75) is 13.0 Å². The van der Waals surface area contributed by atoms with Crippen LogP contribution in [0.2, 0.25) is 5.02 Å². The Morgan fingerprint density at radius 3 is 2.47 bits per heavy atom. The SMILES string of the molecule is COCCC(=O)N(CC(=O)O)Cc1ccc(Cl)cc1. The molecule has 0 unspecified atom stereocenters. The molecule has 0 fully saturated rings. The Hall–Kier alpha value is -1.59. The number of aliphatic carboxylic acids is 1. The number of carboxylic acids is 1. The zero-order chi connectivity index (χ0) is 14.3. The highest BCUT2D eigenvalue weighted by Crippen LogP contribution is 2.12. The third-order valence-electron chi connectivity index (χ3n) is 2.49. The van der Waals surface area contributed by atoms with Crippen LogP contribution < -0.4 is 0 Å².